The van der Waals surface area contributed by atoms with Crippen LogP contribution in [0, 0.1) is 35.0 Å². The minimum atomic E-state index is 0.669. The maximum absolute atomic E-state index is 2.65. The molecule has 0 bridgehead atoms. The second-order valence-electron chi connectivity index (χ2n) is 9.44. The molecule has 0 aromatic rings. The molecule has 0 spiro atoms. The number of unbranched alkanes of at least 4 members (excludes halogenated alkanes) is 1. The molecule has 0 heteroatoms. The van der Waals surface area contributed by atoms with Gasteiger partial charge < -0.3 is 0 Å². The number of rotatable bonds is 2. The van der Waals surface area contributed by atoms with Crippen molar-refractivity contribution in [1.82, 2.24) is 0 Å². The van der Waals surface area contributed by atoms with E-state index in [1.807, 2.05) is 5.57 Å². The zero-order valence-electron chi connectivity index (χ0n) is 14.9. The highest BCUT2D eigenvalue weighted by Crippen LogP contribution is 2.63. The van der Waals surface area contributed by atoms with Gasteiger partial charge in [0.05, 0.1) is 0 Å². The Balaban J connectivity index is 1.54. The Labute approximate surface area is 138 Å². The van der Waals surface area contributed by atoms with Gasteiger partial charge in [0.15, 0.2) is 0 Å². The molecule has 4 rings (SSSR count). The highest BCUT2D eigenvalue weighted by molar-refractivity contribution is 5.18. The van der Waals surface area contributed by atoms with E-state index < -0.39 is 0 Å². The molecule has 0 N–H and O–H groups in total. The van der Waals surface area contributed by atoms with E-state index in [1.165, 1.54) is 44.9 Å². The molecule has 0 nitrogen and oxygen atoms in total. The molecule has 22 heavy (non-hydrogen) atoms. The summed E-state index contributed by atoms with van der Waals surface area (Å²) in [7, 11) is 0. The van der Waals surface area contributed by atoms with Crippen LogP contribution in [0.25, 0.3) is 0 Å². The molecular formula is C22H36. The Kier molecular flexibility index (Phi) is 4.16. The van der Waals surface area contributed by atoms with Gasteiger partial charge in [-0.3, -0.25) is 0 Å². The molecule has 4 fully saturated rings. The summed E-state index contributed by atoms with van der Waals surface area (Å²) in [5, 5.41) is 0. The van der Waals surface area contributed by atoms with Crippen LogP contribution in [-0.4, -0.2) is 0 Å². The van der Waals surface area contributed by atoms with Crippen LogP contribution in [0.1, 0.15) is 90.9 Å². The molecule has 6 atom stereocenters. The van der Waals surface area contributed by atoms with Gasteiger partial charge in [0.2, 0.25) is 0 Å². The number of hydrogen-bond acceptors (Lipinski definition) is 0. The quantitative estimate of drug-likeness (QED) is 0.494. The molecule has 0 amide bonds. The van der Waals surface area contributed by atoms with Gasteiger partial charge in [-0.2, -0.15) is 0 Å². The number of allylic oxidation sites excluding steroid dienone is 2. The van der Waals surface area contributed by atoms with Gasteiger partial charge in [-0.1, -0.05) is 51.2 Å². The van der Waals surface area contributed by atoms with Crippen molar-refractivity contribution in [3.05, 3.63) is 11.6 Å². The summed E-state index contributed by atoms with van der Waals surface area (Å²) in [5.41, 5.74) is 2.50. The van der Waals surface area contributed by atoms with Crippen LogP contribution in [0.3, 0.4) is 0 Å². The van der Waals surface area contributed by atoms with E-state index >= 15 is 0 Å². The predicted molar refractivity (Wildman–Crippen MR) is 94.7 cm³/mol. The number of fused-ring (bicyclic) bond motifs is 5. The zero-order chi connectivity index (χ0) is 15.2. The van der Waals surface area contributed by atoms with E-state index in [0.29, 0.717) is 5.41 Å². The van der Waals surface area contributed by atoms with Crippen LogP contribution in [0.15, 0.2) is 11.6 Å². The van der Waals surface area contributed by atoms with Gasteiger partial charge in [0.25, 0.3) is 0 Å². The van der Waals surface area contributed by atoms with Crippen molar-refractivity contribution in [2.45, 2.75) is 90.9 Å². The lowest BCUT2D eigenvalue weighted by molar-refractivity contribution is -0.0492. The van der Waals surface area contributed by atoms with Gasteiger partial charge in [0.1, 0.15) is 0 Å². The molecule has 4 saturated carbocycles. The van der Waals surface area contributed by atoms with Crippen LogP contribution in [0.4, 0.5) is 0 Å². The second kappa shape index (κ2) is 5.99. The monoisotopic (exact) mass is 300 g/mol. The van der Waals surface area contributed by atoms with Crippen molar-refractivity contribution in [3.63, 3.8) is 0 Å². The van der Waals surface area contributed by atoms with E-state index in [-0.39, 0.29) is 0 Å². The first-order valence-corrected chi connectivity index (χ1v) is 10.4. The van der Waals surface area contributed by atoms with E-state index in [9.17, 15) is 0 Å². The summed E-state index contributed by atoms with van der Waals surface area (Å²) >= 11 is 0. The van der Waals surface area contributed by atoms with Gasteiger partial charge in [-0.05, 0) is 86.4 Å². The lowest BCUT2D eigenvalue weighted by Gasteiger charge is -2.54. The largest absolute Gasteiger partial charge is 0.0853 e. The molecule has 4 aliphatic carbocycles. The maximum atomic E-state index is 2.65. The topological polar surface area (TPSA) is 0 Å². The molecule has 0 aromatic carbocycles. The van der Waals surface area contributed by atoms with Crippen LogP contribution < -0.4 is 0 Å². The van der Waals surface area contributed by atoms with E-state index in [4.69, 9.17) is 0 Å². The summed E-state index contributed by atoms with van der Waals surface area (Å²) < 4.78 is 0. The van der Waals surface area contributed by atoms with Crippen LogP contribution >= 0.6 is 0 Å². The first-order valence-electron chi connectivity index (χ1n) is 10.4. The fourth-order valence-corrected chi connectivity index (χ4v) is 7.22. The zero-order valence-corrected chi connectivity index (χ0v) is 14.9. The minimum Gasteiger partial charge on any atom is -0.0853 e. The first-order chi connectivity index (χ1) is 10.7. The third kappa shape index (κ3) is 2.49. The molecule has 0 heterocycles. The molecule has 0 aromatic heterocycles. The average Bonchev–Trinajstić information content (AvgIpc) is 2.89. The maximum Gasteiger partial charge on any atom is -0.0254 e. The number of hydrogen-bond donors (Lipinski definition) is 0. The lowest BCUT2D eigenvalue weighted by Crippen LogP contribution is -2.46. The van der Waals surface area contributed by atoms with Gasteiger partial charge in [-0.25, -0.2) is 0 Å². The van der Waals surface area contributed by atoms with E-state index in [1.54, 1.807) is 32.1 Å². The Morgan fingerprint density at radius 2 is 1.86 bits per heavy atom. The third-order valence-electron chi connectivity index (χ3n) is 8.23. The summed E-state index contributed by atoms with van der Waals surface area (Å²) in [4.78, 5) is 0. The summed E-state index contributed by atoms with van der Waals surface area (Å²) in [6.45, 7) is 4.97. The Morgan fingerprint density at radius 3 is 2.73 bits per heavy atom. The molecule has 0 aliphatic heterocycles. The van der Waals surface area contributed by atoms with Gasteiger partial charge in [0, 0.05) is 0 Å². The van der Waals surface area contributed by atoms with Crippen molar-refractivity contribution < 1.29 is 0 Å². The smallest absolute Gasteiger partial charge is 0.0254 e. The van der Waals surface area contributed by atoms with Crippen LogP contribution in [0.2, 0.25) is 0 Å². The Bertz CT molecular complexity index is 433. The standard InChI is InChI=1S/C22H36/c1-3-4-7-16-14-21-20-11-10-17-8-5-6-9-18(17)19(20)12-13-22(21,2)15-16/h7,17-21H,3-6,8-15H2,1-2H3. The Morgan fingerprint density at radius 1 is 1.00 bits per heavy atom. The van der Waals surface area contributed by atoms with Crippen molar-refractivity contribution in [1.29, 1.82) is 0 Å². The third-order valence-corrected chi connectivity index (χ3v) is 8.23. The van der Waals surface area contributed by atoms with E-state index in [2.05, 4.69) is 19.9 Å². The van der Waals surface area contributed by atoms with Gasteiger partial charge >= 0.3 is 0 Å². The molecule has 0 radical (unpaired) electrons. The van der Waals surface area contributed by atoms with E-state index in [0.717, 1.165) is 29.6 Å². The minimum absolute atomic E-state index is 0.669. The fraction of sp³-hybridized carbons (Fsp3) is 0.909. The van der Waals surface area contributed by atoms with Gasteiger partial charge in [-0.15, -0.1) is 0 Å². The second-order valence-corrected chi connectivity index (χ2v) is 9.44. The molecular weight excluding hydrogens is 264 g/mol. The van der Waals surface area contributed by atoms with Crippen molar-refractivity contribution in [3.8, 4) is 0 Å². The Hall–Kier alpha value is -0.260. The van der Waals surface area contributed by atoms with Crippen LogP contribution in [-0.2, 0) is 0 Å². The highest BCUT2D eigenvalue weighted by Gasteiger charge is 2.53. The highest BCUT2D eigenvalue weighted by atomic mass is 14.6. The summed E-state index contributed by atoms with van der Waals surface area (Å²) in [6.07, 6.45) is 20.6. The van der Waals surface area contributed by atoms with Crippen LogP contribution in [0.5, 0.6) is 0 Å². The van der Waals surface area contributed by atoms with Crippen molar-refractivity contribution >= 4 is 0 Å². The SMILES string of the molecule is CCCC=C1CC2C3CCC4CCCCC4C3CCC2(C)C1. The summed E-state index contributed by atoms with van der Waals surface area (Å²) in [6, 6.07) is 0. The normalized spacial score (nSPS) is 49.5. The molecule has 124 valence electrons. The average molecular weight is 301 g/mol. The summed E-state index contributed by atoms with van der Waals surface area (Å²) in [5.74, 6) is 5.49. The first kappa shape index (κ1) is 15.3. The molecule has 4 aliphatic rings. The molecule has 0 saturated heterocycles. The molecule has 6 unspecified atom stereocenters. The fourth-order valence-electron chi connectivity index (χ4n) is 7.22. The predicted octanol–water partition coefficient (Wildman–Crippen LogP) is 6.76. The van der Waals surface area contributed by atoms with Crippen molar-refractivity contribution in [2.75, 3.05) is 0 Å². The lowest BCUT2D eigenvalue weighted by atomic mass is 9.51. The van der Waals surface area contributed by atoms with Crippen molar-refractivity contribution in [2.24, 2.45) is 35.0 Å².